The normalized spacial score (nSPS) is 23.9. The second-order valence-corrected chi connectivity index (χ2v) is 9.62. The maximum absolute atomic E-state index is 13.5. The molecule has 0 bridgehead atoms. The summed E-state index contributed by atoms with van der Waals surface area (Å²) < 4.78 is 3.68. The van der Waals surface area contributed by atoms with Gasteiger partial charge in [0.05, 0.1) is 11.7 Å². The maximum Gasteiger partial charge on any atom is 0.262 e. The molecule has 8 heteroatoms. The monoisotopic (exact) mass is 463 g/mol. The van der Waals surface area contributed by atoms with E-state index in [0.29, 0.717) is 50.4 Å². The SMILES string of the molecule is CCn1ccc2c(=O)n(CC3CCN(C(=O)[C@@]4(O)CCNC[C@H]4c4ccccc4)CC3)cnc21. The molecule has 2 aromatic heterocycles. The minimum absolute atomic E-state index is 0.00887. The van der Waals surface area contributed by atoms with Gasteiger partial charge in [0.1, 0.15) is 5.65 Å². The second kappa shape index (κ2) is 9.35. The van der Waals surface area contributed by atoms with E-state index in [0.717, 1.165) is 30.6 Å². The number of benzene rings is 1. The van der Waals surface area contributed by atoms with Gasteiger partial charge in [-0.15, -0.1) is 0 Å². The van der Waals surface area contributed by atoms with E-state index in [9.17, 15) is 14.7 Å². The summed E-state index contributed by atoms with van der Waals surface area (Å²) in [5.41, 5.74) is 0.315. The quantitative estimate of drug-likeness (QED) is 0.604. The lowest BCUT2D eigenvalue weighted by Gasteiger charge is -2.43. The molecule has 5 rings (SSSR count). The van der Waals surface area contributed by atoms with Crippen LogP contribution in [0.25, 0.3) is 11.0 Å². The molecule has 2 saturated heterocycles. The number of likely N-dealkylation sites (tertiary alicyclic amines) is 1. The highest BCUT2D eigenvalue weighted by Gasteiger charge is 2.48. The first-order chi connectivity index (χ1) is 16.5. The molecule has 4 heterocycles. The first kappa shape index (κ1) is 22.8. The van der Waals surface area contributed by atoms with E-state index < -0.39 is 5.60 Å². The summed E-state index contributed by atoms with van der Waals surface area (Å²) >= 11 is 0. The fourth-order valence-corrected chi connectivity index (χ4v) is 5.57. The molecule has 8 nitrogen and oxygen atoms in total. The molecule has 2 atom stereocenters. The average molecular weight is 464 g/mol. The summed E-state index contributed by atoms with van der Waals surface area (Å²) in [5, 5.41) is 15.6. The number of nitrogens with zero attached hydrogens (tertiary/aromatic N) is 4. The van der Waals surface area contributed by atoms with Gasteiger partial charge in [-0.05, 0) is 50.3 Å². The summed E-state index contributed by atoms with van der Waals surface area (Å²) in [6, 6.07) is 11.7. The fraction of sp³-hybridized carbons (Fsp3) is 0.500. The topological polar surface area (TPSA) is 92.4 Å². The number of nitrogens with one attached hydrogen (secondary N) is 1. The molecule has 0 spiro atoms. The van der Waals surface area contributed by atoms with Crippen LogP contribution in [0.2, 0.25) is 0 Å². The molecule has 1 aromatic carbocycles. The van der Waals surface area contributed by atoms with E-state index in [-0.39, 0.29) is 17.4 Å². The van der Waals surface area contributed by atoms with E-state index in [2.05, 4.69) is 10.3 Å². The van der Waals surface area contributed by atoms with Crippen LogP contribution in [0.4, 0.5) is 0 Å². The van der Waals surface area contributed by atoms with Crippen LogP contribution < -0.4 is 10.9 Å². The van der Waals surface area contributed by atoms with Crippen LogP contribution in [-0.2, 0) is 17.9 Å². The molecule has 0 saturated carbocycles. The number of carbonyl (C=O) groups excluding carboxylic acids is 1. The standard InChI is InChI=1S/C26H33N5O3/c1-2-29-15-10-21-23(29)28-18-31(24(21)32)17-19-8-13-30(14-9-19)25(33)26(34)11-12-27-16-22(26)20-6-4-3-5-7-20/h3-7,10,15,18-19,22,27,34H,2,8-9,11-14,16-17H2,1H3/t22-,26+/m0/s1. The van der Waals surface area contributed by atoms with Crippen LogP contribution in [0.3, 0.4) is 0 Å². The predicted octanol–water partition coefficient (Wildman–Crippen LogP) is 1.96. The number of piperidine rings is 2. The van der Waals surface area contributed by atoms with E-state index in [1.807, 2.05) is 59.0 Å². The third-order valence-corrected chi connectivity index (χ3v) is 7.62. The molecule has 0 radical (unpaired) electrons. The molecule has 2 aliphatic heterocycles. The molecular weight excluding hydrogens is 430 g/mol. The van der Waals surface area contributed by atoms with Gasteiger partial charge in [-0.25, -0.2) is 4.98 Å². The van der Waals surface area contributed by atoms with Gasteiger partial charge in [-0.1, -0.05) is 30.3 Å². The third kappa shape index (κ3) is 4.05. The summed E-state index contributed by atoms with van der Waals surface area (Å²) in [5.74, 6) is -0.135. The van der Waals surface area contributed by atoms with Crippen molar-refractivity contribution in [1.29, 1.82) is 0 Å². The van der Waals surface area contributed by atoms with Gasteiger partial charge in [0.15, 0.2) is 5.60 Å². The van der Waals surface area contributed by atoms with Gasteiger partial charge in [0.25, 0.3) is 11.5 Å². The zero-order valence-electron chi connectivity index (χ0n) is 19.7. The Kier molecular flexibility index (Phi) is 6.27. The van der Waals surface area contributed by atoms with Crippen molar-refractivity contribution in [1.82, 2.24) is 24.3 Å². The Bertz CT molecular complexity index is 1210. The van der Waals surface area contributed by atoms with Crippen LogP contribution in [-0.4, -0.2) is 61.8 Å². The summed E-state index contributed by atoms with van der Waals surface area (Å²) in [6.45, 7) is 5.81. The molecule has 3 aromatic rings. The Balaban J connectivity index is 1.26. The van der Waals surface area contributed by atoms with Crippen molar-refractivity contribution in [2.24, 2.45) is 5.92 Å². The Morgan fingerprint density at radius 1 is 1.18 bits per heavy atom. The van der Waals surface area contributed by atoms with Crippen LogP contribution in [0.1, 0.15) is 37.7 Å². The van der Waals surface area contributed by atoms with Crippen molar-refractivity contribution < 1.29 is 9.90 Å². The van der Waals surface area contributed by atoms with Crippen molar-refractivity contribution in [2.75, 3.05) is 26.2 Å². The number of aliphatic hydroxyl groups is 1. The lowest BCUT2D eigenvalue weighted by Crippen LogP contribution is -2.59. The molecule has 34 heavy (non-hydrogen) atoms. The Labute approximate surface area is 199 Å². The van der Waals surface area contributed by atoms with Crippen molar-refractivity contribution in [3.8, 4) is 0 Å². The number of hydrogen-bond acceptors (Lipinski definition) is 5. The lowest BCUT2D eigenvalue weighted by molar-refractivity contribution is -0.158. The van der Waals surface area contributed by atoms with Crippen molar-refractivity contribution in [2.45, 2.75) is 50.8 Å². The molecule has 0 aliphatic carbocycles. The number of hydrogen-bond donors (Lipinski definition) is 2. The largest absolute Gasteiger partial charge is 0.379 e. The highest BCUT2D eigenvalue weighted by atomic mass is 16.3. The van der Waals surface area contributed by atoms with Gasteiger partial charge in [-0.3, -0.25) is 14.2 Å². The minimum atomic E-state index is -1.39. The predicted molar refractivity (Wildman–Crippen MR) is 131 cm³/mol. The van der Waals surface area contributed by atoms with Gasteiger partial charge in [0.2, 0.25) is 0 Å². The Morgan fingerprint density at radius 2 is 1.94 bits per heavy atom. The number of fused-ring (bicyclic) bond motifs is 1. The first-order valence-electron chi connectivity index (χ1n) is 12.3. The fourth-order valence-electron chi connectivity index (χ4n) is 5.57. The molecule has 2 aliphatic rings. The highest BCUT2D eigenvalue weighted by Crippen LogP contribution is 2.36. The van der Waals surface area contributed by atoms with Crippen LogP contribution in [0.15, 0.2) is 53.7 Å². The number of carbonyl (C=O) groups is 1. The van der Waals surface area contributed by atoms with Crippen molar-refractivity contribution in [3.05, 3.63) is 64.8 Å². The molecule has 1 amide bonds. The first-order valence-corrected chi connectivity index (χ1v) is 12.3. The third-order valence-electron chi connectivity index (χ3n) is 7.62. The average Bonchev–Trinajstić information content (AvgIpc) is 3.30. The summed E-state index contributed by atoms with van der Waals surface area (Å²) in [7, 11) is 0. The number of rotatable bonds is 5. The molecule has 0 unspecified atom stereocenters. The lowest BCUT2D eigenvalue weighted by atomic mass is 9.76. The van der Waals surface area contributed by atoms with Crippen LogP contribution in [0.5, 0.6) is 0 Å². The number of amides is 1. The van der Waals surface area contributed by atoms with Gasteiger partial charge in [0, 0.05) is 44.8 Å². The summed E-state index contributed by atoms with van der Waals surface area (Å²) in [4.78, 5) is 32.8. The summed E-state index contributed by atoms with van der Waals surface area (Å²) in [6.07, 6.45) is 5.56. The van der Waals surface area contributed by atoms with E-state index in [1.54, 1.807) is 10.9 Å². The molecule has 2 N–H and O–H groups in total. The maximum atomic E-state index is 13.5. The zero-order chi connectivity index (χ0) is 23.7. The van der Waals surface area contributed by atoms with Crippen molar-refractivity contribution in [3.63, 3.8) is 0 Å². The smallest absolute Gasteiger partial charge is 0.262 e. The van der Waals surface area contributed by atoms with Crippen LogP contribution >= 0.6 is 0 Å². The van der Waals surface area contributed by atoms with E-state index >= 15 is 0 Å². The van der Waals surface area contributed by atoms with Crippen molar-refractivity contribution >= 4 is 16.9 Å². The molecular formula is C26H33N5O3. The number of aromatic nitrogens is 3. The number of aryl methyl sites for hydroxylation is 1. The highest BCUT2D eigenvalue weighted by molar-refractivity contribution is 5.86. The van der Waals surface area contributed by atoms with Crippen LogP contribution in [0, 0.1) is 5.92 Å². The van der Waals surface area contributed by atoms with Gasteiger partial charge in [-0.2, -0.15) is 0 Å². The van der Waals surface area contributed by atoms with Gasteiger partial charge < -0.3 is 19.9 Å². The second-order valence-electron chi connectivity index (χ2n) is 9.62. The van der Waals surface area contributed by atoms with E-state index in [4.69, 9.17) is 0 Å². The van der Waals surface area contributed by atoms with E-state index in [1.165, 1.54) is 0 Å². The zero-order valence-corrected chi connectivity index (χ0v) is 19.7. The molecule has 2 fully saturated rings. The Morgan fingerprint density at radius 3 is 2.68 bits per heavy atom. The molecule has 180 valence electrons. The van der Waals surface area contributed by atoms with Gasteiger partial charge >= 0.3 is 0 Å². The Hall–Kier alpha value is -2.97. The minimum Gasteiger partial charge on any atom is -0.379 e.